The lowest BCUT2D eigenvalue weighted by Crippen LogP contribution is -2.42. The predicted molar refractivity (Wildman–Crippen MR) is 137 cm³/mol. The van der Waals surface area contributed by atoms with Gasteiger partial charge in [-0.25, -0.2) is 0 Å². The number of hydrogen-bond acceptors (Lipinski definition) is 4. The third-order valence-electron chi connectivity index (χ3n) is 5.64. The Hall–Kier alpha value is -2.67. The van der Waals surface area contributed by atoms with Gasteiger partial charge < -0.3 is 4.55 Å². The number of para-hydroxylation sites is 1. The molecule has 2 heterocycles. The van der Waals surface area contributed by atoms with Gasteiger partial charge >= 0.3 is 0 Å². The van der Waals surface area contributed by atoms with Crippen LogP contribution in [0.25, 0.3) is 22.2 Å². The molecule has 33 heavy (non-hydrogen) atoms. The van der Waals surface area contributed by atoms with Crippen LogP contribution in [0.2, 0.25) is 0 Å². The molecule has 4 rings (SSSR count). The Morgan fingerprint density at radius 2 is 1.67 bits per heavy atom. The van der Waals surface area contributed by atoms with Crippen molar-refractivity contribution in [3.05, 3.63) is 84.2 Å². The highest BCUT2D eigenvalue weighted by Crippen LogP contribution is 2.35. The van der Waals surface area contributed by atoms with Gasteiger partial charge in [0.1, 0.15) is 10.4 Å². The van der Waals surface area contributed by atoms with Crippen LogP contribution in [-0.4, -0.2) is 24.1 Å². The molecular formula is C27H32N4OS. The second kappa shape index (κ2) is 9.67. The number of pyridine rings is 1. The van der Waals surface area contributed by atoms with Crippen LogP contribution in [0.15, 0.2) is 72.9 Å². The Kier molecular flexibility index (Phi) is 6.88. The molecule has 6 heteroatoms. The van der Waals surface area contributed by atoms with Gasteiger partial charge in [-0.2, -0.15) is 5.10 Å². The lowest BCUT2D eigenvalue weighted by molar-refractivity contribution is 0.521. The summed E-state index contributed by atoms with van der Waals surface area (Å²) in [5, 5.41) is 6.15. The molecule has 0 amide bonds. The van der Waals surface area contributed by atoms with E-state index in [4.69, 9.17) is 5.10 Å². The second-order valence-electron chi connectivity index (χ2n) is 9.57. The molecule has 1 N–H and O–H groups in total. The Morgan fingerprint density at radius 1 is 0.970 bits per heavy atom. The van der Waals surface area contributed by atoms with E-state index in [1.807, 2.05) is 51.1 Å². The third-order valence-corrected chi connectivity index (χ3v) is 7.25. The molecule has 0 aliphatic heterocycles. The first kappa shape index (κ1) is 23.5. The summed E-state index contributed by atoms with van der Waals surface area (Å²) in [6.07, 6.45) is 2.43. The quantitative estimate of drug-likeness (QED) is 0.343. The molecule has 0 aliphatic carbocycles. The van der Waals surface area contributed by atoms with Gasteiger partial charge in [0.25, 0.3) is 0 Å². The summed E-state index contributed by atoms with van der Waals surface area (Å²) in [5.41, 5.74) is 5.13. The first-order valence-corrected chi connectivity index (χ1v) is 12.5. The number of aromatic nitrogens is 3. The van der Waals surface area contributed by atoms with E-state index in [0.29, 0.717) is 6.42 Å². The summed E-state index contributed by atoms with van der Waals surface area (Å²) >= 11 is -1.24. The second-order valence-corrected chi connectivity index (χ2v) is 11.6. The van der Waals surface area contributed by atoms with E-state index in [0.717, 1.165) is 33.4 Å². The largest absolute Gasteiger partial charge is 0.598 e. The fourth-order valence-electron chi connectivity index (χ4n) is 3.95. The van der Waals surface area contributed by atoms with Crippen molar-refractivity contribution in [3.63, 3.8) is 0 Å². The fourth-order valence-corrected chi connectivity index (χ4v) is 4.77. The van der Waals surface area contributed by atoms with Crippen molar-refractivity contribution >= 4 is 22.3 Å². The first-order valence-electron chi connectivity index (χ1n) is 11.4. The van der Waals surface area contributed by atoms with Crippen molar-refractivity contribution in [2.75, 3.05) is 0 Å². The maximum absolute atomic E-state index is 13.2. The Morgan fingerprint density at radius 3 is 2.36 bits per heavy atom. The van der Waals surface area contributed by atoms with Crippen molar-refractivity contribution < 1.29 is 4.55 Å². The summed E-state index contributed by atoms with van der Waals surface area (Å²) in [6, 6.07) is 22.6. The van der Waals surface area contributed by atoms with Crippen molar-refractivity contribution in [2.45, 2.75) is 57.9 Å². The van der Waals surface area contributed by atoms with Gasteiger partial charge in [-0.15, -0.1) is 4.72 Å². The summed E-state index contributed by atoms with van der Waals surface area (Å²) in [7, 11) is 0. The molecule has 172 valence electrons. The molecule has 0 aliphatic rings. The molecule has 0 saturated carbocycles. The van der Waals surface area contributed by atoms with E-state index < -0.39 is 11.4 Å². The van der Waals surface area contributed by atoms with Crippen LogP contribution in [0.5, 0.6) is 0 Å². The smallest absolute Gasteiger partial charge is 0.136 e. The summed E-state index contributed by atoms with van der Waals surface area (Å²) in [5.74, 6) is 0. The van der Waals surface area contributed by atoms with Crippen LogP contribution >= 0.6 is 0 Å². The van der Waals surface area contributed by atoms with Gasteiger partial charge in [-0.1, -0.05) is 48.5 Å². The van der Waals surface area contributed by atoms with E-state index >= 15 is 0 Å². The topological polar surface area (TPSA) is 65.8 Å². The SMILES string of the molecule is CC(C)n1nc(-c2ccccc2[C@H](Cc2ccccn2)N[S+]([O-])C(C)(C)C)c2ccccc21. The van der Waals surface area contributed by atoms with Crippen LogP contribution in [-0.2, 0) is 17.8 Å². The highest BCUT2D eigenvalue weighted by atomic mass is 32.2. The number of fused-ring (bicyclic) bond motifs is 1. The summed E-state index contributed by atoms with van der Waals surface area (Å²) in [4.78, 5) is 4.53. The standard InChI is InChI=1S/C27H32N4OS/c1-19(2)31-25-16-9-8-15-23(25)26(29-31)22-14-7-6-13-21(22)24(30-33(32)27(3,4)5)18-20-12-10-11-17-28-20/h6-17,19,24,30H,18H2,1-5H3/t24-,33?/m0/s1. The van der Waals surface area contributed by atoms with Crippen LogP contribution in [0, 0.1) is 0 Å². The van der Waals surface area contributed by atoms with Gasteiger partial charge in [0.2, 0.25) is 0 Å². The minimum atomic E-state index is -1.24. The number of rotatable bonds is 7. The molecule has 1 unspecified atom stereocenters. The molecule has 2 atom stereocenters. The molecular weight excluding hydrogens is 428 g/mol. The monoisotopic (exact) mass is 460 g/mol. The average Bonchev–Trinajstić information content (AvgIpc) is 3.19. The van der Waals surface area contributed by atoms with Crippen LogP contribution in [0.3, 0.4) is 0 Å². The van der Waals surface area contributed by atoms with Crippen LogP contribution < -0.4 is 4.72 Å². The number of benzene rings is 2. The average molecular weight is 461 g/mol. The third kappa shape index (κ3) is 5.13. The van der Waals surface area contributed by atoms with Gasteiger partial charge in [0.15, 0.2) is 0 Å². The maximum atomic E-state index is 13.2. The van der Waals surface area contributed by atoms with Crippen LogP contribution in [0.1, 0.15) is 58.0 Å². The maximum Gasteiger partial charge on any atom is 0.136 e. The zero-order valence-corrected chi connectivity index (χ0v) is 20.8. The summed E-state index contributed by atoms with van der Waals surface area (Å²) in [6.45, 7) is 10.2. The molecule has 0 spiro atoms. The van der Waals surface area contributed by atoms with Crippen LogP contribution in [0.4, 0.5) is 0 Å². The Balaban J connectivity index is 1.84. The number of hydrogen-bond donors (Lipinski definition) is 1. The van der Waals surface area contributed by atoms with E-state index in [-0.39, 0.29) is 16.8 Å². The predicted octanol–water partition coefficient (Wildman–Crippen LogP) is 6.01. The molecule has 0 saturated heterocycles. The highest BCUT2D eigenvalue weighted by molar-refractivity contribution is 7.90. The molecule has 0 radical (unpaired) electrons. The molecule has 4 aromatic rings. The molecule has 2 aromatic heterocycles. The lowest BCUT2D eigenvalue weighted by atomic mass is 9.94. The molecule has 0 fully saturated rings. The number of nitrogens with zero attached hydrogens (tertiary/aromatic N) is 3. The minimum absolute atomic E-state index is 0.181. The van der Waals surface area contributed by atoms with Crippen molar-refractivity contribution in [1.29, 1.82) is 0 Å². The zero-order valence-electron chi connectivity index (χ0n) is 19.9. The number of nitrogens with one attached hydrogen (secondary N) is 1. The van der Waals surface area contributed by atoms with Gasteiger partial charge in [0, 0.05) is 46.7 Å². The Bertz CT molecular complexity index is 1210. The highest BCUT2D eigenvalue weighted by Gasteiger charge is 2.31. The molecule has 5 nitrogen and oxygen atoms in total. The lowest BCUT2D eigenvalue weighted by Gasteiger charge is -2.29. The van der Waals surface area contributed by atoms with Gasteiger partial charge in [-0.05, 0) is 58.4 Å². The first-order chi connectivity index (χ1) is 15.8. The summed E-state index contributed by atoms with van der Waals surface area (Å²) < 4.78 is 18.3. The zero-order chi connectivity index (χ0) is 23.6. The minimum Gasteiger partial charge on any atom is -0.598 e. The van der Waals surface area contributed by atoms with Crippen molar-refractivity contribution in [1.82, 2.24) is 19.5 Å². The Labute approximate surface area is 199 Å². The van der Waals surface area contributed by atoms with E-state index in [2.05, 4.69) is 64.6 Å². The van der Waals surface area contributed by atoms with Crippen molar-refractivity contribution in [2.24, 2.45) is 0 Å². The van der Waals surface area contributed by atoms with Gasteiger partial charge in [0.05, 0.1) is 11.6 Å². The van der Waals surface area contributed by atoms with E-state index in [1.54, 1.807) is 6.20 Å². The fraction of sp³-hybridized carbons (Fsp3) is 0.333. The normalized spacial score (nSPS) is 14.0. The van der Waals surface area contributed by atoms with Gasteiger partial charge in [-0.3, -0.25) is 9.67 Å². The van der Waals surface area contributed by atoms with Crippen molar-refractivity contribution in [3.8, 4) is 11.3 Å². The van der Waals surface area contributed by atoms with E-state index in [9.17, 15) is 4.55 Å². The molecule has 0 bridgehead atoms. The molecule has 2 aromatic carbocycles. The van der Waals surface area contributed by atoms with E-state index in [1.165, 1.54) is 0 Å².